The zero-order chi connectivity index (χ0) is 11.6. The Labute approximate surface area is 94.6 Å². The van der Waals surface area contributed by atoms with Crippen LogP contribution in [0.4, 0.5) is 0 Å². The average molecular weight is 210 g/mol. The average Bonchev–Trinajstić information content (AvgIpc) is 2.15. The molecule has 1 N–H and O–H groups in total. The van der Waals surface area contributed by atoms with Crippen molar-refractivity contribution < 1.29 is 5.11 Å². The predicted octanol–water partition coefficient (Wildman–Crippen LogP) is 3.63. The van der Waals surface area contributed by atoms with Crippen molar-refractivity contribution in [3.8, 4) is 0 Å². The first kappa shape index (κ1) is 12.8. The van der Waals surface area contributed by atoms with Crippen LogP contribution in [0.1, 0.15) is 47.0 Å². The van der Waals surface area contributed by atoms with Gasteiger partial charge in [-0.1, -0.05) is 40.2 Å². The molecule has 0 bridgehead atoms. The molecule has 88 valence electrons. The van der Waals surface area contributed by atoms with Gasteiger partial charge in [0.15, 0.2) is 0 Å². The Morgan fingerprint density at radius 1 is 1.33 bits per heavy atom. The molecule has 0 heterocycles. The van der Waals surface area contributed by atoms with Crippen molar-refractivity contribution in [2.45, 2.75) is 52.6 Å². The van der Waals surface area contributed by atoms with Crippen molar-refractivity contribution in [1.29, 1.82) is 0 Å². The third kappa shape index (κ3) is 2.44. The topological polar surface area (TPSA) is 20.2 Å². The van der Waals surface area contributed by atoms with E-state index in [0.717, 1.165) is 12.8 Å². The van der Waals surface area contributed by atoms with Gasteiger partial charge in [0.1, 0.15) is 0 Å². The quantitative estimate of drug-likeness (QED) is 0.705. The van der Waals surface area contributed by atoms with Crippen LogP contribution in [0.2, 0.25) is 0 Å². The van der Waals surface area contributed by atoms with Gasteiger partial charge in [-0.2, -0.15) is 0 Å². The van der Waals surface area contributed by atoms with Crippen LogP contribution in [0.25, 0.3) is 0 Å². The second kappa shape index (κ2) is 4.69. The largest absolute Gasteiger partial charge is 0.389 e. The summed E-state index contributed by atoms with van der Waals surface area (Å²) in [6.45, 7) is 12.6. The molecular weight excluding hydrogens is 184 g/mol. The van der Waals surface area contributed by atoms with E-state index in [-0.39, 0.29) is 5.92 Å². The summed E-state index contributed by atoms with van der Waals surface area (Å²) in [4.78, 5) is 0. The minimum Gasteiger partial charge on any atom is -0.389 e. The summed E-state index contributed by atoms with van der Waals surface area (Å²) in [6, 6.07) is 0. The number of rotatable bonds is 3. The molecule has 1 fully saturated rings. The van der Waals surface area contributed by atoms with Crippen LogP contribution in [-0.4, -0.2) is 10.7 Å². The van der Waals surface area contributed by atoms with E-state index in [1.807, 2.05) is 6.08 Å². The van der Waals surface area contributed by atoms with E-state index in [1.54, 1.807) is 0 Å². The van der Waals surface area contributed by atoms with Gasteiger partial charge in [0.05, 0.1) is 5.60 Å². The fourth-order valence-corrected chi connectivity index (χ4v) is 3.16. The maximum atomic E-state index is 10.9. The molecule has 0 unspecified atom stereocenters. The fraction of sp³-hybridized carbons (Fsp3) is 0.857. The second-order valence-corrected chi connectivity index (χ2v) is 5.75. The van der Waals surface area contributed by atoms with Gasteiger partial charge >= 0.3 is 0 Å². The van der Waals surface area contributed by atoms with Crippen LogP contribution in [0.15, 0.2) is 12.7 Å². The lowest BCUT2D eigenvalue weighted by molar-refractivity contribution is -0.105. The number of hydrogen-bond acceptors (Lipinski definition) is 1. The Hall–Kier alpha value is -0.300. The first-order valence-electron chi connectivity index (χ1n) is 6.26. The third-order valence-electron chi connectivity index (χ3n) is 4.23. The van der Waals surface area contributed by atoms with Gasteiger partial charge < -0.3 is 5.11 Å². The van der Waals surface area contributed by atoms with Gasteiger partial charge in [0, 0.05) is 5.92 Å². The van der Waals surface area contributed by atoms with Crippen LogP contribution >= 0.6 is 0 Å². The molecule has 0 aliphatic heterocycles. The summed E-state index contributed by atoms with van der Waals surface area (Å²) in [6.07, 6.45) is 5.26. The monoisotopic (exact) mass is 210 g/mol. The summed E-state index contributed by atoms with van der Waals surface area (Å²) < 4.78 is 0. The van der Waals surface area contributed by atoms with E-state index >= 15 is 0 Å². The summed E-state index contributed by atoms with van der Waals surface area (Å²) in [5.74, 6) is 1.84. The maximum absolute atomic E-state index is 10.9. The SMILES string of the molecule is C=C[C@H](C)[C@]1(O)C[C@H](C)CC[C@H]1C(C)C. The molecule has 0 spiro atoms. The zero-order valence-electron chi connectivity index (χ0n) is 10.7. The van der Waals surface area contributed by atoms with Crippen LogP contribution in [-0.2, 0) is 0 Å². The normalized spacial score (nSPS) is 39.1. The van der Waals surface area contributed by atoms with E-state index in [2.05, 4.69) is 34.3 Å². The first-order valence-corrected chi connectivity index (χ1v) is 6.26. The molecule has 0 saturated heterocycles. The highest BCUT2D eigenvalue weighted by Gasteiger charge is 2.45. The highest BCUT2D eigenvalue weighted by atomic mass is 16.3. The van der Waals surface area contributed by atoms with Gasteiger partial charge in [-0.3, -0.25) is 0 Å². The second-order valence-electron chi connectivity index (χ2n) is 5.75. The van der Waals surface area contributed by atoms with Crippen molar-refractivity contribution in [2.24, 2.45) is 23.7 Å². The summed E-state index contributed by atoms with van der Waals surface area (Å²) in [5.41, 5.74) is -0.520. The van der Waals surface area contributed by atoms with Crippen LogP contribution < -0.4 is 0 Å². The first-order chi connectivity index (χ1) is 6.91. The number of aliphatic hydroxyl groups is 1. The van der Waals surface area contributed by atoms with Crippen molar-refractivity contribution in [3.05, 3.63) is 12.7 Å². The van der Waals surface area contributed by atoms with Gasteiger partial charge in [-0.05, 0) is 30.6 Å². The van der Waals surface area contributed by atoms with E-state index in [1.165, 1.54) is 6.42 Å². The molecular formula is C14H26O. The molecule has 1 heteroatoms. The van der Waals surface area contributed by atoms with E-state index in [9.17, 15) is 5.11 Å². The Morgan fingerprint density at radius 3 is 2.40 bits per heavy atom. The zero-order valence-corrected chi connectivity index (χ0v) is 10.7. The lowest BCUT2D eigenvalue weighted by Gasteiger charge is -2.47. The molecule has 1 aliphatic rings. The van der Waals surface area contributed by atoms with Gasteiger partial charge in [-0.15, -0.1) is 6.58 Å². The molecule has 0 radical (unpaired) electrons. The minimum absolute atomic E-state index is 0.202. The van der Waals surface area contributed by atoms with Gasteiger partial charge in [-0.25, -0.2) is 0 Å². The third-order valence-corrected chi connectivity index (χ3v) is 4.23. The Balaban J connectivity index is 2.90. The molecule has 0 aromatic carbocycles. The van der Waals surface area contributed by atoms with Gasteiger partial charge in [0.25, 0.3) is 0 Å². The highest BCUT2D eigenvalue weighted by Crippen LogP contribution is 2.45. The van der Waals surface area contributed by atoms with Crippen molar-refractivity contribution in [1.82, 2.24) is 0 Å². The van der Waals surface area contributed by atoms with Gasteiger partial charge in [0.2, 0.25) is 0 Å². The molecule has 4 atom stereocenters. The Bertz CT molecular complexity index is 221. The van der Waals surface area contributed by atoms with E-state index in [0.29, 0.717) is 17.8 Å². The van der Waals surface area contributed by atoms with Crippen molar-refractivity contribution in [3.63, 3.8) is 0 Å². The highest BCUT2D eigenvalue weighted by molar-refractivity contribution is 5.01. The summed E-state index contributed by atoms with van der Waals surface area (Å²) in [7, 11) is 0. The van der Waals surface area contributed by atoms with E-state index < -0.39 is 5.60 Å². The summed E-state index contributed by atoms with van der Waals surface area (Å²) in [5, 5.41) is 10.9. The van der Waals surface area contributed by atoms with E-state index in [4.69, 9.17) is 0 Å². The molecule has 0 amide bonds. The minimum atomic E-state index is -0.520. The lowest BCUT2D eigenvalue weighted by Crippen LogP contribution is -2.49. The van der Waals surface area contributed by atoms with Crippen LogP contribution in [0, 0.1) is 23.7 Å². The molecule has 15 heavy (non-hydrogen) atoms. The van der Waals surface area contributed by atoms with Crippen LogP contribution in [0.5, 0.6) is 0 Å². The molecule has 0 aromatic heterocycles. The molecule has 1 saturated carbocycles. The maximum Gasteiger partial charge on any atom is 0.0740 e. The van der Waals surface area contributed by atoms with Crippen molar-refractivity contribution >= 4 is 0 Å². The lowest BCUT2D eigenvalue weighted by atomic mass is 9.62. The molecule has 0 aromatic rings. The molecule has 1 aliphatic carbocycles. The Kier molecular flexibility index (Phi) is 3.99. The fourth-order valence-electron chi connectivity index (χ4n) is 3.16. The van der Waals surface area contributed by atoms with Crippen LogP contribution in [0.3, 0.4) is 0 Å². The molecule has 1 nitrogen and oxygen atoms in total. The smallest absolute Gasteiger partial charge is 0.0740 e. The predicted molar refractivity (Wildman–Crippen MR) is 65.7 cm³/mol. The standard InChI is InChI=1S/C14H26O/c1-6-12(5)14(15)9-11(4)7-8-13(14)10(2)3/h6,10-13,15H,1,7-9H2,2-5H3/t11-,12+,13+,14-/m1/s1. The number of hydrogen-bond donors (Lipinski definition) is 1. The van der Waals surface area contributed by atoms with Crippen molar-refractivity contribution in [2.75, 3.05) is 0 Å². The summed E-state index contributed by atoms with van der Waals surface area (Å²) >= 11 is 0. The molecule has 1 rings (SSSR count). The Morgan fingerprint density at radius 2 is 1.93 bits per heavy atom.